The molecule has 1 saturated heterocycles. The minimum absolute atomic E-state index is 0.0851. The van der Waals surface area contributed by atoms with Crippen LogP contribution in [0.1, 0.15) is 26.7 Å². The molecule has 0 spiro atoms. The van der Waals surface area contributed by atoms with Gasteiger partial charge in [-0.1, -0.05) is 0 Å². The number of rotatable bonds is 4. The summed E-state index contributed by atoms with van der Waals surface area (Å²) in [4.78, 5) is 0. The van der Waals surface area contributed by atoms with Crippen molar-refractivity contribution in [2.45, 2.75) is 44.9 Å². The van der Waals surface area contributed by atoms with Gasteiger partial charge in [0.2, 0.25) is 0 Å². The summed E-state index contributed by atoms with van der Waals surface area (Å²) in [5, 5.41) is 12.0. The summed E-state index contributed by atoms with van der Waals surface area (Å²) in [5.74, 6) is 0.723. The molecule has 102 valence electrons. The lowest BCUT2D eigenvalue weighted by molar-refractivity contribution is -0.0337. The van der Waals surface area contributed by atoms with Crippen molar-refractivity contribution in [3.05, 3.63) is 24.3 Å². The Labute approximate surface area is 114 Å². The molecule has 19 heavy (non-hydrogen) atoms. The Kier molecular flexibility index (Phi) is 4.64. The summed E-state index contributed by atoms with van der Waals surface area (Å²) in [7, 11) is 0. The Morgan fingerprint density at radius 3 is 2.47 bits per heavy atom. The molecule has 2 unspecified atom stereocenters. The van der Waals surface area contributed by atoms with Gasteiger partial charge in [0.15, 0.2) is 6.61 Å². The van der Waals surface area contributed by atoms with Gasteiger partial charge >= 0.3 is 0 Å². The first kappa shape index (κ1) is 13.7. The van der Waals surface area contributed by atoms with E-state index in [1.54, 1.807) is 0 Å². The molecule has 1 heterocycles. The molecular formula is C15H20N2O2. The summed E-state index contributed by atoms with van der Waals surface area (Å²) >= 11 is 0. The van der Waals surface area contributed by atoms with E-state index in [1.165, 1.54) is 0 Å². The molecule has 2 rings (SSSR count). The highest BCUT2D eigenvalue weighted by Gasteiger charge is 2.24. The predicted molar refractivity (Wildman–Crippen MR) is 74.2 cm³/mol. The standard InChI is InChI=1S/C15H20N2O2/c1-11-9-14(10-12(2)19-11)17-13-3-5-15(6-4-13)18-8-7-16/h3-6,11-12,14,17H,8-10H2,1-2H3. The van der Waals surface area contributed by atoms with Crippen molar-refractivity contribution in [1.82, 2.24) is 0 Å². The molecule has 1 aliphatic heterocycles. The molecule has 2 atom stereocenters. The molecule has 4 nitrogen and oxygen atoms in total. The van der Waals surface area contributed by atoms with Crippen molar-refractivity contribution in [2.24, 2.45) is 0 Å². The number of nitriles is 1. The number of hydrogen-bond donors (Lipinski definition) is 1. The first-order valence-corrected chi connectivity index (χ1v) is 6.69. The van der Waals surface area contributed by atoms with Crippen LogP contribution in [0.5, 0.6) is 5.75 Å². The van der Waals surface area contributed by atoms with Crippen molar-refractivity contribution in [2.75, 3.05) is 11.9 Å². The Hall–Kier alpha value is -1.73. The van der Waals surface area contributed by atoms with Gasteiger partial charge in [0.1, 0.15) is 11.8 Å². The maximum atomic E-state index is 8.45. The van der Waals surface area contributed by atoms with Crippen LogP contribution in [0, 0.1) is 11.3 Å². The molecule has 0 aliphatic carbocycles. The number of hydrogen-bond acceptors (Lipinski definition) is 4. The van der Waals surface area contributed by atoms with E-state index in [0.29, 0.717) is 18.2 Å². The first-order valence-electron chi connectivity index (χ1n) is 6.69. The van der Waals surface area contributed by atoms with Crippen LogP contribution >= 0.6 is 0 Å². The monoisotopic (exact) mass is 260 g/mol. The number of nitrogens with zero attached hydrogens (tertiary/aromatic N) is 1. The lowest BCUT2D eigenvalue weighted by atomic mass is 9.99. The topological polar surface area (TPSA) is 54.3 Å². The van der Waals surface area contributed by atoms with Gasteiger partial charge in [-0.3, -0.25) is 0 Å². The Bertz CT molecular complexity index is 428. The Balaban J connectivity index is 1.90. The fourth-order valence-electron chi connectivity index (χ4n) is 2.52. The second kappa shape index (κ2) is 6.44. The van der Waals surface area contributed by atoms with Gasteiger partial charge in [-0.2, -0.15) is 5.26 Å². The average Bonchev–Trinajstić information content (AvgIpc) is 2.37. The minimum Gasteiger partial charge on any atom is -0.479 e. The predicted octanol–water partition coefficient (Wildman–Crippen LogP) is 2.96. The summed E-state index contributed by atoms with van der Waals surface area (Å²) < 4.78 is 11.0. The molecular weight excluding hydrogens is 240 g/mol. The first-order chi connectivity index (χ1) is 9.17. The zero-order valence-corrected chi connectivity index (χ0v) is 11.4. The molecule has 1 fully saturated rings. The zero-order valence-electron chi connectivity index (χ0n) is 11.4. The molecule has 0 bridgehead atoms. The van der Waals surface area contributed by atoms with Gasteiger partial charge in [-0.15, -0.1) is 0 Å². The number of benzene rings is 1. The third-order valence-electron chi connectivity index (χ3n) is 3.23. The fourth-order valence-corrected chi connectivity index (χ4v) is 2.52. The van der Waals surface area contributed by atoms with Crippen molar-refractivity contribution < 1.29 is 9.47 Å². The molecule has 1 aromatic carbocycles. The molecule has 0 radical (unpaired) electrons. The molecule has 4 heteroatoms. The van der Waals surface area contributed by atoms with Crippen LogP contribution in [0.25, 0.3) is 0 Å². The van der Waals surface area contributed by atoms with Gasteiger partial charge in [-0.25, -0.2) is 0 Å². The van der Waals surface area contributed by atoms with Crippen molar-refractivity contribution >= 4 is 5.69 Å². The van der Waals surface area contributed by atoms with Crippen molar-refractivity contribution in [3.8, 4) is 11.8 Å². The fraction of sp³-hybridized carbons (Fsp3) is 0.533. The van der Waals surface area contributed by atoms with E-state index in [1.807, 2.05) is 30.3 Å². The summed E-state index contributed by atoms with van der Waals surface area (Å²) in [5.41, 5.74) is 1.08. The van der Waals surface area contributed by atoms with Gasteiger partial charge in [-0.05, 0) is 51.0 Å². The van der Waals surface area contributed by atoms with Crippen LogP contribution in [-0.2, 0) is 4.74 Å². The second-order valence-electron chi connectivity index (χ2n) is 5.04. The molecule has 1 N–H and O–H groups in total. The van der Waals surface area contributed by atoms with E-state index >= 15 is 0 Å². The van der Waals surface area contributed by atoms with Gasteiger partial charge < -0.3 is 14.8 Å². The smallest absolute Gasteiger partial charge is 0.174 e. The highest BCUT2D eigenvalue weighted by molar-refractivity contribution is 5.47. The average molecular weight is 260 g/mol. The molecule has 1 aromatic rings. The lowest BCUT2D eigenvalue weighted by Crippen LogP contribution is -2.36. The number of ether oxygens (including phenoxy) is 2. The summed E-state index contributed by atoms with van der Waals surface area (Å²) in [6.45, 7) is 4.31. The van der Waals surface area contributed by atoms with E-state index in [-0.39, 0.29) is 6.61 Å². The summed E-state index contributed by atoms with van der Waals surface area (Å²) in [6.07, 6.45) is 2.66. The highest BCUT2D eigenvalue weighted by Crippen LogP contribution is 2.23. The van der Waals surface area contributed by atoms with E-state index in [2.05, 4.69) is 19.2 Å². The van der Waals surface area contributed by atoms with Gasteiger partial charge in [0.25, 0.3) is 0 Å². The molecule has 0 saturated carbocycles. The normalized spacial score (nSPS) is 26.5. The maximum absolute atomic E-state index is 8.45. The zero-order chi connectivity index (χ0) is 13.7. The third-order valence-corrected chi connectivity index (χ3v) is 3.23. The van der Waals surface area contributed by atoms with Crippen LogP contribution in [0.3, 0.4) is 0 Å². The Morgan fingerprint density at radius 2 is 1.89 bits per heavy atom. The van der Waals surface area contributed by atoms with Gasteiger partial charge in [0, 0.05) is 11.7 Å². The quantitative estimate of drug-likeness (QED) is 0.904. The van der Waals surface area contributed by atoms with E-state index < -0.39 is 0 Å². The van der Waals surface area contributed by atoms with Crippen molar-refractivity contribution in [1.29, 1.82) is 5.26 Å². The largest absolute Gasteiger partial charge is 0.479 e. The van der Waals surface area contributed by atoms with Crippen LogP contribution in [0.15, 0.2) is 24.3 Å². The minimum atomic E-state index is 0.0851. The maximum Gasteiger partial charge on any atom is 0.174 e. The van der Waals surface area contributed by atoms with E-state index in [4.69, 9.17) is 14.7 Å². The van der Waals surface area contributed by atoms with Gasteiger partial charge in [0.05, 0.1) is 12.2 Å². The highest BCUT2D eigenvalue weighted by atomic mass is 16.5. The molecule has 1 aliphatic rings. The van der Waals surface area contributed by atoms with Crippen LogP contribution < -0.4 is 10.1 Å². The van der Waals surface area contributed by atoms with E-state index in [9.17, 15) is 0 Å². The molecule has 0 aromatic heterocycles. The van der Waals surface area contributed by atoms with Crippen LogP contribution in [-0.4, -0.2) is 24.9 Å². The van der Waals surface area contributed by atoms with Crippen molar-refractivity contribution in [3.63, 3.8) is 0 Å². The van der Waals surface area contributed by atoms with E-state index in [0.717, 1.165) is 24.3 Å². The second-order valence-corrected chi connectivity index (χ2v) is 5.04. The van der Waals surface area contributed by atoms with Crippen LogP contribution in [0.4, 0.5) is 5.69 Å². The SMILES string of the molecule is CC1CC(Nc2ccc(OCC#N)cc2)CC(C)O1. The third kappa shape index (κ3) is 4.15. The van der Waals surface area contributed by atoms with Crippen LogP contribution in [0.2, 0.25) is 0 Å². The number of anilines is 1. The Morgan fingerprint density at radius 1 is 1.26 bits per heavy atom. The molecule has 0 amide bonds. The lowest BCUT2D eigenvalue weighted by Gasteiger charge is -2.33. The number of nitrogens with one attached hydrogen (secondary N) is 1. The summed E-state index contributed by atoms with van der Waals surface area (Å²) in [6, 6.07) is 10.1.